The molecule has 0 N–H and O–H groups in total. The van der Waals surface area contributed by atoms with Crippen molar-refractivity contribution in [1.82, 2.24) is 0 Å². The summed E-state index contributed by atoms with van der Waals surface area (Å²) in [6, 6.07) is 0. The molecule has 0 aromatic heterocycles. The maximum atomic E-state index is 2.43. The molecule has 0 spiro atoms. The van der Waals surface area contributed by atoms with Crippen LogP contribution < -0.4 is 0 Å². The molecular weight excluding hydrogens is 480 g/mol. The predicted molar refractivity (Wildman–Crippen MR) is 186 cm³/mol. The minimum Gasteiger partial charge on any atom is -0.0880 e. The molecule has 0 rings (SSSR count). The predicted octanol–water partition coefficient (Wildman–Crippen LogP) is 13.8. The van der Waals surface area contributed by atoms with E-state index in [1.807, 2.05) is 0 Å². The molecule has 0 nitrogen and oxygen atoms in total. The maximum Gasteiger partial charge on any atom is -0.0227 e. The third-order valence-corrected chi connectivity index (χ3v) is 8.14. The van der Waals surface area contributed by atoms with E-state index in [9.17, 15) is 0 Å². The molecule has 230 valence electrons. The Labute approximate surface area is 253 Å². The molecule has 0 bridgehead atoms. The number of allylic oxidation sites excluding steroid dienone is 12. The first kappa shape index (κ1) is 38.4. The Kier molecular flexibility index (Phi) is 24.2. The molecule has 0 saturated carbocycles. The van der Waals surface area contributed by atoms with Crippen molar-refractivity contribution in [3.8, 4) is 0 Å². The molecule has 0 amide bonds. The SMILES string of the molecule is CC(C)=CCCC(C)CCCC(C)CC=CC(C)=CC=CCC(C)C=CCC(C)CCCC(C)CCC=C(C)C. The van der Waals surface area contributed by atoms with Crippen LogP contribution in [0.15, 0.2) is 71.4 Å². The average Bonchev–Trinajstić information content (AvgIpc) is 2.86. The number of hydrogen-bond acceptors (Lipinski definition) is 0. The molecule has 0 saturated heterocycles. The fraction of sp³-hybridized carbons (Fsp3) is 0.700. The molecule has 0 heteroatoms. The second kappa shape index (κ2) is 25.2. The van der Waals surface area contributed by atoms with Crippen LogP contribution in [-0.2, 0) is 0 Å². The lowest BCUT2D eigenvalue weighted by Gasteiger charge is -2.13. The zero-order chi connectivity index (χ0) is 30.2. The van der Waals surface area contributed by atoms with Crippen molar-refractivity contribution in [3.05, 3.63) is 71.4 Å². The van der Waals surface area contributed by atoms with Crippen molar-refractivity contribution in [3.63, 3.8) is 0 Å². The van der Waals surface area contributed by atoms with E-state index < -0.39 is 0 Å². The van der Waals surface area contributed by atoms with Crippen molar-refractivity contribution in [2.45, 2.75) is 153 Å². The van der Waals surface area contributed by atoms with E-state index in [1.165, 1.54) is 93.8 Å². The van der Waals surface area contributed by atoms with Crippen molar-refractivity contribution in [2.24, 2.45) is 29.6 Å². The Morgan fingerprint density at radius 2 is 1.00 bits per heavy atom. The molecular formula is C40H70. The van der Waals surface area contributed by atoms with Crippen LogP contribution in [0.1, 0.15) is 153 Å². The van der Waals surface area contributed by atoms with Crippen LogP contribution in [0.25, 0.3) is 0 Å². The first-order valence-corrected chi connectivity index (χ1v) is 16.9. The van der Waals surface area contributed by atoms with Crippen LogP contribution in [0.3, 0.4) is 0 Å². The first-order valence-electron chi connectivity index (χ1n) is 16.9. The van der Waals surface area contributed by atoms with Gasteiger partial charge in [-0.15, -0.1) is 0 Å². The van der Waals surface area contributed by atoms with Crippen molar-refractivity contribution in [1.29, 1.82) is 0 Å². The van der Waals surface area contributed by atoms with Crippen LogP contribution >= 0.6 is 0 Å². The van der Waals surface area contributed by atoms with E-state index in [4.69, 9.17) is 0 Å². The van der Waals surface area contributed by atoms with Crippen molar-refractivity contribution >= 4 is 0 Å². The summed E-state index contributed by atoms with van der Waals surface area (Å²) in [5.41, 5.74) is 4.25. The van der Waals surface area contributed by atoms with Gasteiger partial charge in [0.1, 0.15) is 0 Å². The molecule has 0 radical (unpaired) electrons. The molecule has 0 aromatic rings. The van der Waals surface area contributed by atoms with E-state index in [0.717, 1.165) is 30.1 Å². The Balaban J connectivity index is 4.05. The van der Waals surface area contributed by atoms with Gasteiger partial charge in [0.2, 0.25) is 0 Å². The van der Waals surface area contributed by atoms with Crippen LogP contribution in [0.5, 0.6) is 0 Å². The van der Waals surface area contributed by atoms with Gasteiger partial charge in [-0.1, -0.05) is 145 Å². The van der Waals surface area contributed by atoms with Crippen LogP contribution in [0.4, 0.5) is 0 Å². The van der Waals surface area contributed by atoms with Gasteiger partial charge in [0.15, 0.2) is 0 Å². The monoisotopic (exact) mass is 551 g/mol. The lowest BCUT2D eigenvalue weighted by Crippen LogP contribution is -1.98. The van der Waals surface area contributed by atoms with Gasteiger partial charge < -0.3 is 0 Å². The normalized spacial score (nSPS) is 16.4. The summed E-state index contributed by atoms with van der Waals surface area (Å²) in [4.78, 5) is 0. The highest BCUT2D eigenvalue weighted by molar-refractivity contribution is 5.21. The summed E-state index contributed by atoms with van der Waals surface area (Å²) in [7, 11) is 0. The van der Waals surface area contributed by atoms with Gasteiger partial charge in [-0.25, -0.2) is 0 Å². The highest BCUT2D eigenvalue weighted by Gasteiger charge is 2.06. The Hall–Kier alpha value is -1.56. The molecule has 5 unspecified atom stereocenters. The fourth-order valence-electron chi connectivity index (χ4n) is 5.14. The van der Waals surface area contributed by atoms with Crippen LogP contribution in [-0.4, -0.2) is 0 Å². The molecule has 5 atom stereocenters. The quantitative estimate of drug-likeness (QED) is 0.0876. The molecule has 0 aliphatic heterocycles. The summed E-state index contributed by atoms with van der Waals surface area (Å²) in [6.07, 6.45) is 38.0. The highest BCUT2D eigenvalue weighted by Crippen LogP contribution is 2.21. The summed E-state index contributed by atoms with van der Waals surface area (Å²) in [5.74, 6) is 3.89. The van der Waals surface area contributed by atoms with E-state index in [-0.39, 0.29) is 0 Å². The molecule has 40 heavy (non-hydrogen) atoms. The lowest BCUT2D eigenvalue weighted by atomic mass is 9.93. The van der Waals surface area contributed by atoms with E-state index >= 15 is 0 Å². The van der Waals surface area contributed by atoms with E-state index in [2.05, 4.69) is 124 Å². The average molecular weight is 551 g/mol. The molecule has 0 heterocycles. The van der Waals surface area contributed by atoms with Gasteiger partial charge in [-0.2, -0.15) is 0 Å². The Morgan fingerprint density at radius 1 is 0.525 bits per heavy atom. The third-order valence-electron chi connectivity index (χ3n) is 8.14. The van der Waals surface area contributed by atoms with Gasteiger partial charge in [-0.3, -0.25) is 0 Å². The minimum absolute atomic E-state index is 0.610. The summed E-state index contributed by atoms with van der Waals surface area (Å²) in [6.45, 7) is 23.0. The van der Waals surface area contributed by atoms with Gasteiger partial charge in [0.05, 0.1) is 0 Å². The zero-order valence-electron chi connectivity index (χ0n) is 28.8. The topological polar surface area (TPSA) is 0 Å². The molecule has 0 aliphatic carbocycles. The molecule has 0 aromatic carbocycles. The van der Waals surface area contributed by atoms with Crippen LogP contribution in [0, 0.1) is 29.6 Å². The Morgan fingerprint density at radius 3 is 1.50 bits per heavy atom. The van der Waals surface area contributed by atoms with Crippen molar-refractivity contribution in [2.75, 3.05) is 0 Å². The second-order valence-electron chi connectivity index (χ2n) is 13.9. The molecule has 0 fully saturated rings. The summed E-state index contributed by atoms with van der Waals surface area (Å²) >= 11 is 0. The van der Waals surface area contributed by atoms with Gasteiger partial charge in [-0.05, 0) is 109 Å². The number of hydrogen-bond donors (Lipinski definition) is 0. The summed E-state index contributed by atoms with van der Waals surface area (Å²) in [5, 5.41) is 0. The van der Waals surface area contributed by atoms with E-state index in [1.54, 1.807) is 0 Å². The first-order chi connectivity index (χ1) is 19.0. The van der Waals surface area contributed by atoms with Crippen molar-refractivity contribution < 1.29 is 0 Å². The summed E-state index contributed by atoms with van der Waals surface area (Å²) < 4.78 is 0. The largest absolute Gasteiger partial charge is 0.0880 e. The van der Waals surface area contributed by atoms with Gasteiger partial charge in [0.25, 0.3) is 0 Å². The second-order valence-corrected chi connectivity index (χ2v) is 13.9. The lowest BCUT2D eigenvalue weighted by molar-refractivity contribution is 0.427. The number of rotatable bonds is 23. The minimum atomic E-state index is 0.610. The highest BCUT2D eigenvalue weighted by atomic mass is 14.1. The zero-order valence-corrected chi connectivity index (χ0v) is 28.8. The van der Waals surface area contributed by atoms with Gasteiger partial charge >= 0.3 is 0 Å². The third kappa shape index (κ3) is 26.7. The standard InChI is InChI=1S/C40H70/c1-33(2)19-13-23-37(7)27-17-31-39(9)29-15-25-35(5)21-11-12-22-36(6)26-16-30-40(10)32-18-28-38(8)24-14-20-34(3)4/h11-12,15-16,19-21,25-26,36-40H,13-14,17-18,22-24,27-32H2,1-10H3. The maximum absolute atomic E-state index is 2.43. The smallest absolute Gasteiger partial charge is 0.0227 e. The fourth-order valence-corrected chi connectivity index (χ4v) is 5.14. The van der Waals surface area contributed by atoms with Crippen LogP contribution in [0.2, 0.25) is 0 Å². The van der Waals surface area contributed by atoms with Gasteiger partial charge in [0, 0.05) is 0 Å². The van der Waals surface area contributed by atoms with E-state index in [0.29, 0.717) is 5.92 Å². The molecule has 0 aliphatic rings. The Bertz CT molecular complexity index is 775.